The minimum atomic E-state index is -0.619. The van der Waals surface area contributed by atoms with Crippen molar-refractivity contribution in [3.63, 3.8) is 0 Å². The van der Waals surface area contributed by atoms with Crippen LogP contribution in [0.4, 0.5) is 0 Å². The second kappa shape index (κ2) is 7.70. The van der Waals surface area contributed by atoms with E-state index in [9.17, 15) is 14.7 Å². The lowest BCUT2D eigenvalue weighted by Crippen LogP contribution is -2.33. The normalized spacial score (nSPS) is 13.2. The summed E-state index contributed by atoms with van der Waals surface area (Å²) in [7, 11) is 0. The van der Waals surface area contributed by atoms with Crippen LogP contribution >= 0.6 is 0 Å². The third kappa shape index (κ3) is 4.76. The van der Waals surface area contributed by atoms with E-state index in [4.69, 9.17) is 0 Å². The van der Waals surface area contributed by atoms with E-state index in [0.29, 0.717) is 17.5 Å². The van der Waals surface area contributed by atoms with Crippen LogP contribution in [0.2, 0.25) is 0 Å². The standard InChI is InChI=1S/C19H21NO3/c1-13(12-18(22)16-6-4-3-5-7-16)20-19(23)17-10-8-15(9-11-17)14(2)21/h3-11,13,18,22H,12H2,1-2H3,(H,20,23). The molecule has 2 aromatic rings. The molecule has 2 atom stereocenters. The molecule has 0 heterocycles. The highest BCUT2D eigenvalue weighted by Crippen LogP contribution is 2.18. The maximum atomic E-state index is 12.2. The maximum absolute atomic E-state index is 12.2. The zero-order valence-electron chi connectivity index (χ0n) is 13.3. The Bertz CT molecular complexity index is 665. The van der Waals surface area contributed by atoms with Crippen LogP contribution in [0, 0.1) is 0 Å². The van der Waals surface area contributed by atoms with Crippen LogP contribution < -0.4 is 5.32 Å². The molecule has 23 heavy (non-hydrogen) atoms. The van der Waals surface area contributed by atoms with Crippen molar-refractivity contribution in [3.8, 4) is 0 Å². The monoisotopic (exact) mass is 311 g/mol. The van der Waals surface area contributed by atoms with Gasteiger partial charge >= 0.3 is 0 Å². The van der Waals surface area contributed by atoms with Gasteiger partial charge in [-0.05, 0) is 38.0 Å². The van der Waals surface area contributed by atoms with E-state index < -0.39 is 6.10 Å². The first-order valence-corrected chi connectivity index (χ1v) is 7.62. The van der Waals surface area contributed by atoms with Gasteiger partial charge in [0.1, 0.15) is 0 Å². The highest BCUT2D eigenvalue weighted by atomic mass is 16.3. The van der Waals surface area contributed by atoms with E-state index in [1.54, 1.807) is 24.3 Å². The first-order chi connectivity index (χ1) is 11.0. The van der Waals surface area contributed by atoms with Gasteiger partial charge in [0.15, 0.2) is 5.78 Å². The maximum Gasteiger partial charge on any atom is 0.251 e. The van der Waals surface area contributed by atoms with Crippen molar-refractivity contribution in [1.29, 1.82) is 0 Å². The Morgan fingerprint density at radius 2 is 1.57 bits per heavy atom. The fraction of sp³-hybridized carbons (Fsp3) is 0.263. The summed E-state index contributed by atoms with van der Waals surface area (Å²) >= 11 is 0. The predicted molar refractivity (Wildman–Crippen MR) is 89.4 cm³/mol. The van der Waals surface area contributed by atoms with E-state index >= 15 is 0 Å². The van der Waals surface area contributed by atoms with Crippen molar-refractivity contribution in [2.24, 2.45) is 0 Å². The van der Waals surface area contributed by atoms with Gasteiger partial charge in [0.2, 0.25) is 0 Å². The minimum Gasteiger partial charge on any atom is -0.388 e. The first kappa shape index (κ1) is 16.9. The summed E-state index contributed by atoms with van der Waals surface area (Å²) in [5.41, 5.74) is 1.91. The summed E-state index contributed by atoms with van der Waals surface area (Å²) in [6, 6.07) is 15.7. The smallest absolute Gasteiger partial charge is 0.251 e. The molecule has 2 N–H and O–H groups in total. The summed E-state index contributed by atoms with van der Waals surface area (Å²) in [4.78, 5) is 23.4. The van der Waals surface area contributed by atoms with Gasteiger partial charge in [0.25, 0.3) is 5.91 Å². The van der Waals surface area contributed by atoms with Crippen molar-refractivity contribution in [1.82, 2.24) is 5.32 Å². The second-order valence-corrected chi connectivity index (χ2v) is 5.67. The quantitative estimate of drug-likeness (QED) is 0.805. The van der Waals surface area contributed by atoms with Crippen LogP contribution in [0.25, 0.3) is 0 Å². The molecule has 2 rings (SSSR count). The summed E-state index contributed by atoms with van der Waals surface area (Å²) < 4.78 is 0. The van der Waals surface area contributed by atoms with E-state index in [0.717, 1.165) is 5.56 Å². The minimum absolute atomic E-state index is 0.0312. The van der Waals surface area contributed by atoms with Crippen LogP contribution in [-0.2, 0) is 0 Å². The molecule has 2 unspecified atom stereocenters. The van der Waals surface area contributed by atoms with Gasteiger partial charge < -0.3 is 10.4 Å². The number of Topliss-reactive ketones (excluding diaryl/α,β-unsaturated/α-hetero) is 1. The third-order valence-corrected chi connectivity index (χ3v) is 3.69. The molecule has 0 aliphatic heterocycles. The summed E-state index contributed by atoms with van der Waals surface area (Å²) in [6.07, 6.45) is -0.187. The Morgan fingerprint density at radius 1 is 1.00 bits per heavy atom. The molecule has 1 amide bonds. The van der Waals surface area contributed by atoms with Crippen molar-refractivity contribution >= 4 is 11.7 Å². The molecule has 0 saturated carbocycles. The van der Waals surface area contributed by atoms with Crippen LogP contribution in [-0.4, -0.2) is 22.8 Å². The molecule has 0 aliphatic carbocycles. The molecule has 4 nitrogen and oxygen atoms in total. The summed E-state index contributed by atoms with van der Waals surface area (Å²) in [5, 5.41) is 13.0. The number of rotatable bonds is 6. The number of benzene rings is 2. The number of ketones is 1. The summed E-state index contributed by atoms with van der Waals surface area (Å²) in [5.74, 6) is -0.246. The number of carbonyl (C=O) groups is 2. The van der Waals surface area contributed by atoms with Gasteiger partial charge in [-0.1, -0.05) is 42.5 Å². The lowest BCUT2D eigenvalue weighted by molar-refractivity contribution is 0.0915. The molecule has 4 heteroatoms. The van der Waals surface area contributed by atoms with Crippen molar-refractivity contribution in [2.75, 3.05) is 0 Å². The second-order valence-electron chi connectivity index (χ2n) is 5.67. The Balaban J connectivity index is 1.93. The molecule has 0 radical (unpaired) electrons. The van der Waals surface area contributed by atoms with Crippen LogP contribution in [0.15, 0.2) is 54.6 Å². The Morgan fingerprint density at radius 3 is 2.13 bits per heavy atom. The van der Waals surface area contributed by atoms with Crippen molar-refractivity contribution in [2.45, 2.75) is 32.4 Å². The fourth-order valence-corrected chi connectivity index (χ4v) is 2.37. The van der Waals surface area contributed by atoms with Gasteiger partial charge in [0, 0.05) is 17.2 Å². The molecule has 0 aromatic heterocycles. The average molecular weight is 311 g/mol. The molecule has 2 aromatic carbocycles. The Hall–Kier alpha value is -2.46. The largest absolute Gasteiger partial charge is 0.388 e. The van der Waals surface area contributed by atoms with E-state index in [-0.39, 0.29) is 17.7 Å². The lowest BCUT2D eigenvalue weighted by Gasteiger charge is -2.18. The van der Waals surface area contributed by atoms with Gasteiger partial charge in [-0.3, -0.25) is 9.59 Å². The molecule has 0 aliphatic rings. The number of hydrogen-bond acceptors (Lipinski definition) is 3. The molecular formula is C19H21NO3. The highest BCUT2D eigenvalue weighted by molar-refractivity contribution is 5.97. The number of hydrogen-bond donors (Lipinski definition) is 2. The topological polar surface area (TPSA) is 66.4 Å². The third-order valence-electron chi connectivity index (χ3n) is 3.69. The molecule has 0 bridgehead atoms. The molecular weight excluding hydrogens is 290 g/mol. The number of nitrogens with one attached hydrogen (secondary N) is 1. The zero-order valence-corrected chi connectivity index (χ0v) is 13.3. The lowest BCUT2D eigenvalue weighted by atomic mass is 10.0. The van der Waals surface area contributed by atoms with Crippen LogP contribution in [0.3, 0.4) is 0 Å². The predicted octanol–water partition coefficient (Wildman–Crippen LogP) is 3.13. The number of aliphatic hydroxyl groups is 1. The Kier molecular flexibility index (Phi) is 5.66. The van der Waals surface area contributed by atoms with Crippen molar-refractivity contribution < 1.29 is 14.7 Å². The molecule has 0 fully saturated rings. The van der Waals surface area contributed by atoms with E-state index in [2.05, 4.69) is 5.32 Å². The Labute approximate surface area is 136 Å². The number of carbonyl (C=O) groups excluding carboxylic acids is 2. The highest BCUT2D eigenvalue weighted by Gasteiger charge is 2.15. The van der Waals surface area contributed by atoms with Crippen LogP contribution in [0.1, 0.15) is 52.7 Å². The average Bonchev–Trinajstić information content (AvgIpc) is 2.55. The van der Waals surface area contributed by atoms with Gasteiger partial charge in [-0.2, -0.15) is 0 Å². The molecule has 120 valence electrons. The van der Waals surface area contributed by atoms with Crippen molar-refractivity contribution in [3.05, 3.63) is 71.3 Å². The first-order valence-electron chi connectivity index (χ1n) is 7.62. The fourth-order valence-electron chi connectivity index (χ4n) is 2.37. The van der Waals surface area contributed by atoms with Gasteiger partial charge in [-0.15, -0.1) is 0 Å². The van der Waals surface area contributed by atoms with Gasteiger partial charge in [-0.25, -0.2) is 0 Å². The van der Waals surface area contributed by atoms with E-state index in [1.807, 2.05) is 37.3 Å². The van der Waals surface area contributed by atoms with E-state index in [1.165, 1.54) is 6.92 Å². The van der Waals surface area contributed by atoms with Gasteiger partial charge in [0.05, 0.1) is 6.10 Å². The SMILES string of the molecule is CC(=O)c1ccc(C(=O)NC(C)CC(O)c2ccccc2)cc1. The zero-order chi connectivity index (χ0) is 16.8. The van der Waals surface area contributed by atoms with Crippen LogP contribution in [0.5, 0.6) is 0 Å². The molecule has 0 spiro atoms. The number of amides is 1. The molecule has 0 saturated heterocycles. The summed E-state index contributed by atoms with van der Waals surface area (Å²) in [6.45, 7) is 3.34. The number of aliphatic hydroxyl groups excluding tert-OH is 1.